The molecule has 4 heterocycles. The van der Waals surface area contributed by atoms with Crippen molar-refractivity contribution in [2.45, 2.75) is 0 Å². The predicted molar refractivity (Wildman–Crippen MR) is 915 cm³/mol. The highest BCUT2D eigenvalue weighted by Gasteiger charge is 2.53. The number of benzene rings is 4. The lowest BCUT2D eigenvalue weighted by atomic mass is 10.2. The Kier molecular flexibility index (Phi) is 104. The Labute approximate surface area is 975 Å². The van der Waals surface area contributed by atoms with Gasteiger partial charge in [0, 0.05) is 58.4 Å². The normalized spacial score (nSPS) is 15.3. The number of hydrogen-bond donors (Lipinski definition) is 1. The van der Waals surface area contributed by atoms with Gasteiger partial charge < -0.3 is 14.8 Å². The van der Waals surface area contributed by atoms with Crippen molar-refractivity contribution >= 4 is 764 Å². The molecule has 0 aliphatic carbocycles. The number of nitrogens with one attached hydrogen (secondary N) is 1. The molecule has 135 heavy (non-hydrogen) atoms. The molecule has 52 atom stereocenters. The number of anilines is 3. The lowest BCUT2D eigenvalue weighted by Gasteiger charge is -2.51. The van der Waals surface area contributed by atoms with Crippen molar-refractivity contribution in [3.8, 4) is 11.8 Å². The van der Waals surface area contributed by atoms with Crippen LogP contribution >= 0.6 is 713 Å². The molecule has 4 amide bonds. The molecule has 97 heteroatoms. The molecule has 4 aromatic carbocycles. The number of methoxy groups -OCH3 is 2. The first-order valence-electron chi connectivity index (χ1n) is 34.8. The molecular formula is C38H123BrCl2N6O4P84. The molecule has 8 rings (SSSR count). The van der Waals surface area contributed by atoms with E-state index in [4.69, 9.17) is 32.7 Å². The molecule has 0 saturated carbocycles. The zero-order valence-corrected chi connectivity index (χ0v) is 161. The van der Waals surface area contributed by atoms with Crippen LogP contribution in [0.25, 0.3) is 21.8 Å². The second kappa shape index (κ2) is 87.7. The molecule has 10 nitrogen and oxygen atoms in total. The van der Waals surface area contributed by atoms with Gasteiger partial charge in [-0.3, -0.25) is 14.7 Å². The fourth-order valence-electron chi connectivity index (χ4n) is 10.1. The maximum atomic E-state index is 12.9. The maximum absolute atomic E-state index is 12.9. The number of halogens is 3. The van der Waals surface area contributed by atoms with E-state index in [0.29, 0.717) is 40.6 Å². The Bertz CT molecular complexity index is 4260. The Balaban J connectivity index is 0.000000425. The average Bonchev–Trinajstić information content (AvgIpc) is 1.37. The van der Waals surface area contributed by atoms with E-state index in [2.05, 4.69) is 424 Å². The summed E-state index contributed by atoms with van der Waals surface area (Å²) in [7, 11) is 149. The van der Waals surface area contributed by atoms with Crippen molar-refractivity contribution in [2.75, 3.05) is 55.1 Å². The molecule has 2 saturated heterocycles. The molecule has 1 N–H and O–H groups in total. The molecule has 770 valence electrons. The molecule has 0 bridgehead atoms. The zero-order chi connectivity index (χ0) is 103. The Hall–Kier alpha value is 31.0. The summed E-state index contributed by atoms with van der Waals surface area (Å²) in [5.41, 5.74) is 4.14. The molecule has 2 fully saturated rings. The lowest BCUT2D eigenvalue weighted by molar-refractivity contribution is 0.252. The van der Waals surface area contributed by atoms with E-state index in [-0.39, 0.29) is 278 Å². The van der Waals surface area contributed by atoms with Crippen LogP contribution in [0, 0.1) is 0 Å². The number of carbonyl (C=O) groups excluding carboxylic acids is 2. The zero-order valence-electron chi connectivity index (χ0n) is 71.1. The quantitative estimate of drug-likeness (QED) is 0.0383. The van der Waals surface area contributed by atoms with Gasteiger partial charge in [0.2, 0.25) is 11.8 Å². The van der Waals surface area contributed by atoms with Gasteiger partial charge in [-0.1, -0.05) is 75.5 Å². The third kappa shape index (κ3) is 55.9. The lowest BCUT2D eigenvalue weighted by Crippen LogP contribution is -2.32. The predicted octanol–water partition coefficient (Wildman–Crippen LogP) is 57.5. The van der Waals surface area contributed by atoms with Gasteiger partial charge in [0.1, 0.15) is 5.69 Å². The molecule has 6 aromatic rings. The summed E-state index contributed by atoms with van der Waals surface area (Å²) in [6.45, 7) is 3.21. The Morgan fingerprint density at radius 3 is 0.926 bits per heavy atom. The van der Waals surface area contributed by atoms with Crippen LogP contribution in [-0.4, -0.2) is 62.4 Å². The number of aromatic nitrogens is 2. The van der Waals surface area contributed by atoms with Crippen molar-refractivity contribution < 1.29 is 19.1 Å². The van der Waals surface area contributed by atoms with Crippen LogP contribution in [0.2, 0.25) is 10.0 Å². The van der Waals surface area contributed by atoms with Crippen LogP contribution in [0.4, 0.5) is 26.7 Å². The molecule has 0 radical (unpaired) electrons. The minimum Gasteiger partial charge on any atom is -0.480 e. The Morgan fingerprint density at radius 2 is 0.622 bits per heavy atom. The number of amides is 4. The topological polar surface area (TPSA) is 100 Å². The SMILES string of the molecule is COc1nc2ccc(Cl)cc2cc1Br.COc1nc2ccc(Cl)cc2cc1N1CCN(c2ccccc2)C1=O.O=C1NCCN1c1ccccc1.PP(P)P(P)P(P(P(P)P)P(P)P)P(P(P(P)P)P(P)P)P(P(P)P)P(P)P.PPP(P(P)P)P(P(P(P)P)P(P)P)P(P(P(P)P)P(P)P)P(P(P)P)P(P)P.PPP(P)P(P(P(P)P)P(P)P)P(P(P(P)P)P(P)P)P(P(P)P)P(P)P. The third-order valence-electron chi connectivity index (χ3n) is 15.0. The van der Waals surface area contributed by atoms with Crippen LogP contribution in [0.1, 0.15) is 0 Å². The number of para-hydroxylation sites is 2. The summed E-state index contributed by atoms with van der Waals surface area (Å²) >= 11 is 15.3. The summed E-state index contributed by atoms with van der Waals surface area (Å²) < 4.78 is 11.3. The van der Waals surface area contributed by atoms with Gasteiger partial charge in [-0.2, -0.15) is 0 Å². The average molecular weight is 3480 g/mol. The number of nitrogens with zero attached hydrogens (tertiary/aromatic N) is 5. The minimum absolute atomic E-state index is 0.00111. The number of carbonyl (C=O) groups is 2. The molecule has 0 spiro atoms. The summed E-state index contributed by atoms with van der Waals surface area (Å²) in [5.74, 6) is 1.01. The molecular weight excluding hydrogens is 3360 g/mol. The van der Waals surface area contributed by atoms with Crippen LogP contribution in [0.15, 0.2) is 114 Å². The maximum Gasteiger partial charge on any atom is 0.329 e. The van der Waals surface area contributed by atoms with Crippen molar-refractivity contribution in [2.24, 2.45) is 0 Å². The molecule has 2 aliphatic rings. The van der Waals surface area contributed by atoms with Gasteiger partial charge in [0.05, 0.1) is 29.7 Å². The van der Waals surface area contributed by atoms with E-state index < -0.39 is 0 Å². The largest absolute Gasteiger partial charge is 0.480 e. The second-order valence-electron chi connectivity index (χ2n) is 24.1. The van der Waals surface area contributed by atoms with E-state index in [1.54, 1.807) is 35.0 Å². The first kappa shape index (κ1) is 160. The highest BCUT2D eigenvalue weighted by molar-refractivity contribution is 9.46. The molecule has 2 aromatic heterocycles. The highest BCUT2D eigenvalue weighted by Crippen LogP contribution is 3.41. The van der Waals surface area contributed by atoms with Crippen LogP contribution in [0.5, 0.6) is 11.8 Å². The van der Waals surface area contributed by atoms with Crippen LogP contribution in [0.3, 0.4) is 0 Å². The molecule has 52 unspecified atom stereocenters. The first-order valence-corrected chi connectivity index (χ1v) is 187. The van der Waals surface area contributed by atoms with E-state index in [1.807, 2.05) is 103 Å². The van der Waals surface area contributed by atoms with E-state index in [9.17, 15) is 9.59 Å². The van der Waals surface area contributed by atoms with Gasteiger partial charge >= 0.3 is 12.1 Å². The monoisotopic (exact) mass is 3480 g/mol. The van der Waals surface area contributed by atoms with Gasteiger partial charge in [-0.15, -0.1) is 393 Å². The van der Waals surface area contributed by atoms with E-state index in [1.165, 1.54) is 0 Å². The summed E-state index contributed by atoms with van der Waals surface area (Å²) in [6, 6.07) is 34.1. The summed E-state index contributed by atoms with van der Waals surface area (Å²) in [5, 5.41) is 5.95. The highest BCUT2D eigenvalue weighted by atomic mass is 79.9. The van der Waals surface area contributed by atoms with Crippen molar-refractivity contribution in [1.29, 1.82) is 0 Å². The van der Waals surface area contributed by atoms with Crippen LogP contribution in [-0.2, 0) is 0 Å². The number of fused-ring (bicyclic) bond motifs is 2. The first-order chi connectivity index (χ1) is 62.9. The third-order valence-corrected chi connectivity index (χ3v) is 567. The second-order valence-corrected chi connectivity index (χ2v) is 360. The number of ether oxygens (including phenoxy) is 2. The smallest absolute Gasteiger partial charge is 0.329 e. The number of urea groups is 2. The number of pyridine rings is 2. The number of hydrogen-bond acceptors (Lipinski definition) is 6. The van der Waals surface area contributed by atoms with Gasteiger partial charge in [0.25, 0.3) is 0 Å². The summed E-state index contributed by atoms with van der Waals surface area (Å²) in [4.78, 5) is 38.1. The minimum atomic E-state index is -0.0901. The van der Waals surface area contributed by atoms with Crippen LogP contribution < -0.4 is 29.5 Å². The standard InChI is InChI=1S/C19H16ClN3O2.C10H7BrClNO.C9H10N2O.H31P29.H30P28.H29P27/c1-25-18-17(12-13-11-14(20)7-8-16(13)21-18)23-10-9-22(19(23)24)15-5-3-2-4-6-15;1-14-10-8(11)5-6-4-7(12)2-3-9(6)13-10;12-9-10-6-7-11(9)8-4-2-1-3-5-8;1-16-24(17(2)3)28(25(18(4)5)19(6)7)29(26(20(8)9)21(10)11)27(22(12)13)23(14)15;1-16(2)23(15)27(24(17(3)4)18(5)6)28(25(19(7)8)20(9)10)26(21(11)12)22(13)14;1-15-22(14)26(23(16(2)3)17(4)5)27(24(18(6)7)19(8)9)25(20(10)11)21(12)13/h2-8,11-12H,9-10H2,1H3;2-5H,1H3;1-5H,6-7H2,(H,10,12);16H,1-15H2;1-15H2;15H,1-14H2. The van der Waals surface area contributed by atoms with Crippen molar-refractivity contribution in [3.05, 3.63) is 124 Å². The van der Waals surface area contributed by atoms with E-state index >= 15 is 0 Å². The van der Waals surface area contributed by atoms with Gasteiger partial charge in [0.15, 0.2) is 0 Å². The van der Waals surface area contributed by atoms with Gasteiger partial charge in [-0.05, 0) is 354 Å². The van der Waals surface area contributed by atoms with Crippen molar-refractivity contribution in [3.63, 3.8) is 0 Å². The fourth-order valence-corrected chi connectivity index (χ4v) is 1080. The Morgan fingerprint density at radius 1 is 0.326 bits per heavy atom. The molecule has 2 aliphatic heterocycles. The number of rotatable bonds is 42. The van der Waals surface area contributed by atoms with E-state index in [0.717, 1.165) is 66.7 Å². The summed E-state index contributed by atoms with van der Waals surface area (Å²) in [6.07, 6.45) is 0. The fraction of sp³-hybridized carbons (Fsp3) is 0.158. The van der Waals surface area contributed by atoms with Crippen molar-refractivity contribution in [1.82, 2.24) is 15.3 Å². The van der Waals surface area contributed by atoms with Gasteiger partial charge in [-0.25, -0.2) is 19.6 Å².